The van der Waals surface area contributed by atoms with E-state index in [1.165, 1.54) is 31.5 Å². The Morgan fingerprint density at radius 3 is 2.19 bits per heavy atom. The highest BCUT2D eigenvalue weighted by Crippen LogP contribution is 2.49. The summed E-state index contributed by atoms with van der Waals surface area (Å²) in [4.78, 5) is 0. The van der Waals surface area contributed by atoms with Crippen molar-refractivity contribution in [3.63, 3.8) is 0 Å². The lowest BCUT2D eigenvalue weighted by atomic mass is 9.66. The summed E-state index contributed by atoms with van der Waals surface area (Å²) in [6.07, 6.45) is 4.18. The minimum atomic E-state index is 0.538. The molecule has 1 heterocycles. The highest BCUT2D eigenvalue weighted by Gasteiger charge is 2.43. The Labute approximate surface area is 100 Å². The molecule has 2 aliphatic rings. The molecule has 1 saturated carbocycles. The molecule has 1 N–H and O–H groups in total. The molecular weight excluding hydrogens is 194 g/mol. The van der Waals surface area contributed by atoms with Crippen molar-refractivity contribution in [2.75, 3.05) is 11.9 Å². The summed E-state index contributed by atoms with van der Waals surface area (Å²) in [5.74, 6) is 0. The van der Waals surface area contributed by atoms with Gasteiger partial charge in [-0.1, -0.05) is 52.3 Å². The molecule has 1 aliphatic carbocycles. The third-order valence-electron chi connectivity index (χ3n) is 3.43. The first-order valence-electron chi connectivity index (χ1n) is 6.74. The van der Waals surface area contributed by atoms with Gasteiger partial charge in [-0.05, 0) is 24.5 Å². The molecular formula is C15H25N. The fraction of sp³-hybridized carbons (Fsp3) is 0.600. The van der Waals surface area contributed by atoms with E-state index in [0.29, 0.717) is 5.41 Å². The molecule has 1 fully saturated rings. The fourth-order valence-electron chi connectivity index (χ4n) is 2.51. The largest absolute Gasteiger partial charge is 0.384 e. The molecule has 1 heteroatoms. The predicted octanol–water partition coefficient (Wildman–Crippen LogP) is 4.59. The molecule has 16 heavy (non-hydrogen) atoms. The van der Waals surface area contributed by atoms with Crippen molar-refractivity contribution >= 4 is 5.69 Å². The Hall–Kier alpha value is -0.980. The number of benzene rings is 1. The van der Waals surface area contributed by atoms with Crippen LogP contribution < -0.4 is 5.32 Å². The van der Waals surface area contributed by atoms with Crippen LogP contribution in [0.1, 0.15) is 52.5 Å². The second kappa shape index (κ2) is 5.93. The van der Waals surface area contributed by atoms with Crippen LogP contribution in [0.4, 0.5) is 5.69 Å². The predicted molar refractivity (Wildman–Crippen MR) is 73.2 cm³/mol. The lowest BCUT2D eigenvalue weighted by molar-refractivity contribution is 0.272. The van der Waals surface area contributed by atoms with Crippen LogP contribution in [0.15, 0.2) is 24.3 Å². The van der Waals surface area contributed by atoms with Gasteiger partial charge in [-0.2, -0.15) is 0 Å². The van der Waals surface area contributed by atoms with Gasteiger partial charge in [0.15, 0.2) is 0 Å². The van der Waals surface area contributed by atoms with E-state index in [1.807, 2.05) is 27.7 Å². The SMILES string of the molecule is CC.CC.c1ccc2c(c1)NCC21CCC1. The van der Waals surface area contributed by atoms with E-state index in [4.69, 9.17) is 0 Å². The number of nitrogens with one attached hydrogen (secondary N) is 1. The highest BCUT2D eigenvalue weighted by atomic mass is 14.9. The van der Waals surface area contributed by atoms with E-state index < -0.39 is 0 Å². The van der Waals surface area contributed by atoms with Gasteiger partial charge in [0.2, 0.25) is 0 Å². The molecule has 0 amide bonds. The van der Waals surface area contributed by atoms with Gasteiger partial charge in [0.05, 0.1) is 0 Å². The van der Waals surface area contributed by atoms with Gasteiger partial charge < -0.3 is 5.32 Å². The zero-order valence-corrected chi connectivity index (χ0v) is 11.1. The maximum Gasteiger partial charge on any atom is 0.0379 e. The number of para-hydroxylation sites is 1. The average Bonchev–Trinajstić information content (AvgIpc) is 2.73. The van der Waals surface area contributed by atoms with Crippen molar-refractivity contribution in [3.05, 3.63) is 29.8 Å². The number of hydrogen-bond acceptors (Lipinski definition) is 1. The van der Waals surface area contributed by atoms with E-state index in [-0.39, 0.29) is 0 Å². The first-order chi connectivity index (χ1) is 7.91. The molecule has 1 spiro atoms. The van der Waals surface area contributed by atoms with Crippen molar-refractivity contribution in [1.82, 2.24) is 0 Å². The normalized spacial score (nSPS) is 18.0. The Morgan fingerprint density at radius 1 is 1.00 bits per heavy atom. The quantitative estimate of drug-likeness (QED) is 0.673. The van der Waals surface area contributed by atoms with Crippen molar-refractivity contribution in [2.45, 2.75) is 52.4 Å². The standard InChI is InChI=1S/C11H13N.2C2H6/c1-2-5-10-9(4-1)11(8-12-10)6-3-7-11;2*1-2/h1-2,4-5,12H,3,6-8H2;2*1-2H3. The van der Waals surface area contributed by atoms with Crippen molar-refractivity contribution < 1.29 is 0 Å². The van der Waals surface area contributed by atoms with Crippen LogP contribution in [0.2, 0.25) is 0 Å². The molecule has 0 atom stereocenters. The number of hydrogen-bond donors (Lipinski definition) is 1. The molecule has 1 aromatic carbocycles. The van der Waals surface area contributed by atoms with E-state index in [9.17, 15) is 0 Å². The summed E-state index contributed by atoms with van der Waals surface area (Å²) in [7, 11) is 0. The van der Waals surface area contributed by atoms with Crippen LogP contribution in [0, 0.1) is 0 Å². The Kier molecular flexibility index (Phi) is 4.85. The number of fused-ring (bicyclic) bond motifs is 2. The van der Waals surface area contributed by atoms with E-state index in [0.717, 1.165) is 0 Å². The number of rotatable bonds is 0. The van der Waals surface area contributed by atoms with Crippen molar-refractivity contribution in [2.24, 2.45) is 0 Å². The second-order valence-electron chi connectivity index (χ2n) is 4.03. The van der Waals surface area contributed by atoms with Crippen LogP contribution >= 0.6 is 0 Å². The minimum Gasteiger partial charge on any atom is -0.384 e. The van der Waals surface area contributed by atoms with Gasteiger partial charge in [-0.3, -0.25) is 0 Å². The molecule has 0 unspecified atom stereocenters. The van der Waals surface area contributed by atoms with Crippen LogP contribution in [0.3, 0.4) is 0 Å². The van der Waals surface area contributed by atoms with Crippen LogP contribution in [0.5, 0.6) is 0 Å². The van der Waals surface area contributed by atoms with Gasteiger partial charge in [0.25, 0.3) is 0 Å². The monoisotopic (exact) mass is 219 g/mol. The van der Waals surface area contributed by atoms with Gasteiger partial charge in [0.1, 0.15) is 0 Å². The smallest absolute Gasteiger partial charge is 0.0379 e. The molecule has 0 bridgehead atoms. The lowest BCUT2D eigenvalue weighted by Gasteiger charge is -2.38. The molecule has 90 valence electrons. The Morgan fingerprint density at radius 2 is 1.62 bits per heavy atom. The third-order valence-corrected chi connectivity index (χ3v) is 3.43. The summed E-state index contributed by atoms with van der Waals surface area (Å²) >= 11 is 0. The van der Waals surface area contributed by atoms with Crippen molar-refractivity contribution in [1.29, 1.82) is 0 Å². The third kappa shape index (κ3) is 2.09. The molecule has 1 aromatic rings. The van der Waals surface area contributed by atoms with Crippen LogP contribution in [0.25, 0.3) is 0 Å². The topological polar surface area (TPSA) is 12.0 Å². The molecule has 0 radical (unpaired) electrons. The van der Waals surface area contributed by atoms with E-state index in [1.54, 1.807) is 5.56 Å². The summed E-state index contributed by atoms with van der Waals surface area (Å²) < 4.78 is 0. The summed E-state index contributed by atoms with van der Waals surface area (Å²) in [5, 5.41) is 3.49. The fourth-order valence-corrected chi connectivity index (χ4v) is 2.51. The molecule has 0 saturated heterocycles. The van der Waals surface area contributed by atoms with Gasteiger partial charge in [-0.25, -0.2) is 0 Å². The zero-order chi connectivity index (χ0) is 12.0. The number of anilines is 1. The van der Waals surface area contributed by atoms with Gasteiger partial charge in [-0.15, -0.1) is 0 Å². The molecule has 1 aliphatic heterocycles. The van der Waals surface area contributed by atoms with Crippen LogP contribution in [-0.2, 0) is 5.41 Å². The lowest BCUT2D eigenvalue weighted by Crippen LogP contribution is -2.35. The van der Waals surface area contributed by atoms with Crippen LogP contribution in [-0.4, -0.2) is 6.54 Å². The summed E-state index contributed by atoms with van der Waals surface area (Å²) in [5.41, 5.74) is 3.48. The summed E-state index contributed by atoms with van der Waals surface area (Å²) in [6.45, 7) is 9.17. The Balaban J connectivity index is 0.000000291. The van der Waals surface area contributed by atoms with Crippen molar-refractivity contribution in [3.8, 4) is 0 Å². The van der Waals surface area contributed by atoms with E-state index >= 15 is 0 Å². The average molecular weight is 219 g/mol. The summed E-state index contributed by atoms with van der Waals surface area (Å²) in [6, 6.07) is 8.76. The Bertz CT molecular complexity index is 313. The maximum atomic E-state index is 3.49. The molecule has 3 rings (SSSR count). The zero-order valence-electron chi connectivity index (χ0n) is 11.1. The first kappa shape index (κ1) is 13.1. The second-order valence-corrected chi connectivity index (χ2v) is 4.03. The molecule has 1 nitrogen and oxygen atoms in total. The van der Waals surface area contributed by atoms with E-state index in [2.05, 4.69) is 29.6 Å². The first-order valence-corrected chi connectivity index (χ1v) is 6.74. The highest BCUT2D eigenvalue weighted by molar-refractivity contribution is 5.61. The molecule has 0 aromatic heterocycles. The van der Waals surface area contributed by atoms with Gasteiger partial charge in [0, 0.05) is 17.6 Å². The minimum absolute atomic E-state index is 0.538. The maximum absolute atomic E-state index is 3.49. The van der Waals surface area contributed by atoms with Gasteiger partial charge >= 0.3 is 0 Å².